The second-order valence-electron chi connectivity index (χ2n) is 10.0. The van der Waals surface area contributed by atoms with Crippen LogP contribution in [0.2, 0.25) is 10.0 Å². The number of benzene rings is 2. The molecule has 0 bridgehead atoms. The predicted octanol–water partition coefficient (Wildman–Crippen LogP) is 5.63. The highest BCUT2D eigenvalue weighted by Gasteiger charge is 2.33. The van der Waals surface area contributed by atoms with E-state index in [4.69, 9.17) is 23.2 Å². The van der Waals surface area contributed by atoms with Crippen LogP contribution in [0, 0.1) is 13.8 Å². The summed E-state index contributed by atoms with van der Waals surface area (Å²) in [5, 5.41) is 3.85. The maximum absolute atomic E-state index is 13.9. The summed E-state index contributed by atoms with van der Waals surface area (Å²) in [7, 11) is -3.80. The van der Waals surface area contributed by atoms with Crippen LogP contribution in [0.5, 0.6) is 0 Å². The zero-order chi connectivity index (χ0) is 28.0. The topological polar surface area (TPSA) is 86.8 Å². The van der Waals surface area contributed by atoms with E-state index in [1.807, 2.05) is 26.8 Å². The van der Waals surface area contributed by atoms with Crippen LogP contribution in [0.25, 0.3) is 0 Å². The Balaban J connectivity index is 1.96. The standard InChI is InChI=1S/C28H37Cl2N3O4S/c1-5-25(28(35)31-22-11-7-6-8-12-22)32(17-21-14-15-23(29)24(30)16-21)27(34)18-33(38(4,36)37)26-13-9-10-19(2)20(26)3/h9-10,13-16,22,25H,5-8,11-12,17-18H2,1-4H3,(H,31,35)/t25-/m1/s1. The van der Waals surface area contributed by atoms with Gasteiger partial charge < -0.3 is 10.2 Å². The normalized spacial score (nSPS) is 15.1. The van der Waals surface area contributed by atoms with Gasteiger partial charge in [-0.3, -0.25) is 13.9 Å². The summed E-state index contributed by atoms with van der Waals surface area (Å²) in [6.45, 7) is 5.21. The zero-order valence-electron chi connectivity index (χ0n) is 22.5. The Labute approximate surface area is 236 Å². The van der Waals surface area contributed by atoms with Crippen molar-refractivity contribution >= 4 is 50.7 Å². The number of nitrogens with one attached hydrogen (secondary N) is 1. The van der Waals surface area contributed by atoms with E-state index in [1.165, 1.54) is 4.90 Å². The van der Waals surface area contributed by atoms with Crippen molar-refractivity contribution in [3.63, 3.8) is 0 Å². The van der Waals surface area contributed by atoms with Crippen LogP contribution in [0.3, 0.4) is 0 Å². The maximum Gasteiger partial charge on any atom is 0.244 e. The molecule has 0 saturated heterocycles. The lowest BCUT2D eigenvalue weighted by molar-refractivity contribution is -0.140. The number of carbonyl (C=O) groups excluding carboxylic acids is 2. The Bertz CT molecular complexity index is 1260. The molecule has 0 aliphatic heterocycles. The number of sulfonamides is 1. The van der Waals surface area contributed by atoms with E-state index in [-0.39, 0.29) is 18.5 Å². The third kappa shape index (κ3) is 7.64. The van der Waals surface area contributed by atoms with E-state index in [1.54, 1.807) is 30.3 Å². The third-order valence-corrected chi connectivity index (χ3v) is 9.06. The summed E-state index contributed by atoms with van der Waals surface area (Å²) in [6.07, 6.45) is 6.56. The minimum atomic E-state index is -3.80. The molecule has 1 aliphatic rings. The van der Waals surface area contributed by atoms with E-state index in [9.17, 15) is 18.0 Å². The Hall–Kier alpha value is -2.29. The second kappa shape index (κ2) is 13.2. The minimum absolute atomic E-state index is 0.0784. The van der Waals surface area contributed by atoms with Crippen molar-refractivity contribution < 1.29 is 18.0 Å². The van der Waals surface area contributed by atoms with Gasteiger partial charge in [0.2, 0.25) is 21.8 Å². The van der Waals surface area contributed by atoms with Gasteiger partial charge in [-0.15, -0.1) is 0 Å². The second-order valence-corrected chi connectivity index (χ2v) is 12.7. The molecule has 0 radical (unpaired) electrons. The van der Waals surface area contributed by atoms with E-state index in [0.29, 0.717) is 27.7 Å². The molecule has 0 spiro atoms. The van der Waals surface area contributed by atoms with Crippen LogP contribution in [0.1, 0.15) is 62.1 Å². The number of nitrogens with zero attached hydrogens (tertiary/aromatic N) is 2. The molecular formula is C28H37Cl2N3O4S. The first kappa shape index (κ1) is 30.3. The zero-order valence-corrected chi connectivity index (χ0v) is 24.8. The molecule has 1 fully saturated rings. The van der Waals surface area contributed by atoms with E-state index in [0.717, 1.165) is 53.8 Å². The molecule has 38 heavy (non-hydrogen) atoms. The molecule has 1 N–H and O–H groups in total. The van der Waals surface area contributed by atoms with Crippen LogP contribution < -0.4 is 9.62 Å². The predicted molar refractivity (Wildman–Crippen MR) is 154 cm³/mol. The van der Waals surface area contributed by atoms with Crippen molar-refractivity contribution in [2.75, 3.05) is 17.1 Å². The van der Waals surface area contributed by atoms with Crippen LogP contribution in [-0.4, -0.2) is 50.0 Å². The van der Waals surface area contributed by atoms with Crippen molar-refractivity contribution in [2.45, 2.75) is 77.9 Å². The molecule has 10 heteroatoms. The molecular weight excluding hydrogens is 545 g/mol. The number of carbonyl (C=O) groups is 2. The van der Waals surface area contributed by atoms with Gasteiger partial charge in [0.15, 0.2) is 0 Å². The number of halogens is 2. The van der Waals surface area contributed by atoms with Crippen molar-refractivity contribution in [2.24, 2.45) is 0 Å². The molecule has 0 unspecified atom stereocenters. The van der Waals surface area contributed by atoms with Gasteiger partial charge in [-0.25, -0.2) is 8.42 Å². The fourth-order valence-electron chi connectivity index (χ4n) is 4.90. The fraction of sp³-hybridized carbons (Fsp3) is 0.500. The highest BCUT2D eigenvalue weighted by molar-refractivity contribution is 7.92. The Morgan fingerprint density at radius 3 is 2.34 bits per heavy atom. The van der Waals surface area contributed by atoms with Gasteiger partial charge in [0, 0.05) is 12.6 Å². The van der Waals surface area contributed by atoms with Gasteiger partial charge in [0.05, 0.1) is 22.0 Å². The summed E-state index contributed by atoms with van der Waals surface area (Å²) in [6, 6.07) is 9.69. The number of hydrogen-bond acceptors (Lipinski definition) is 4. The largest absolute Gasteiger partial charge is 0.352 e. The van der Waals surface area contributed by atoms with Gasteiger partial charge in [-0.1, -0.05) is 67.6 Å². The monoisotopic (exact) mass is 581 g/mol. The maximum atomic E-state index is 13.9. The van der Waals surface area contributed by atoms with Crippen molar-refractivity contribution in [1.82, 2.24) is 10.2 Å². The SMILES string of the molecule is CC[C@H](C(=O)NC1CCCCC1)N(Cc1ccc(Cl)c(Cl)c1)C(=O)CN(c1cccc(C)c1C)S(C)(=O)=O. The third-order valence-electron chi connectivity index (χ3n) is 7.20. The lowest BCUT2D eigenvalue weighted by Gasteiger charge is -2.34. The van der Waals surface area contributed by atoms with Crippen LogP contribution in [-0.2, 0) is 26.2 Å². The Morgan fingerprint density at radius 2 is 1.74 bits per heavy atom. The van der Waals surface area contributed by atoms with E-state index in [2.05, 4.69) is 5.32 Å². The van der Waals surface area contributed by atoms with Crippen molar-refractivity contribution in [3.8, 4) is 0 Å². The van der Waals surface area contributed by atoms with Crippen LogP contribution >= 0.6 is 23.2 Å². The molecule has 1 aliphatic carbocycles. The smallest absolute Gasteiger partial charge is 0.244 e. The highest BCUT2D eigenvalue weighted by atomic mass is 35.5. The first-order chi connectivity index (χ1) is 17.9. The first-order valence-corrected chi connectivity index (χ1v) is 15.6. The number of hydrogen-bond donors (Lipinski definition) is 1. The highest BCUT2D eigenvalue weighted by Crippen LogP contribution is 2.27. The van der Waals surface area contributed by atoms with E-state index < -0.39 is 28.5 Å². The molecule has 2 amide bonds. The molecule has 0 heterocycles. The number of rotatable bonds is 10. The van der Waals surface area contributed by atoms with Gasteiger partial charge >= 0.3 is 0 Å². The van der Waals surface area contributed by atoms with Crippen molar-refractivity contribution in [3.05, 3.63) is 63.1 Å². The molecule has 7 nitrogen and oxygen atoms in total. The molecule has 0 aromatic heterocycles. The fourth-order valence-corrected chi connectivity index (χ4v) is 6.12. The average Bonchev–Trinajstić information content (AvgIpc) is 2.86. The van der Waals surface area contributed by atoms with Gasteiger partial charge in [-0.2, -0.15) is 0 Å². The molecule has 2 aromatic carbocycles. The Morgan fingerprint density at radius 1 is 1.05 bits per heavy atom. The van der Waals surface area contributed by atoms with E-state index >= 15 is 0 Å². The number of anilines is 1. The summed E-state index contributed by atoms with van der Waals surface area (Å²) in [4.78, 5) is 28.8. The average molecular weight is 583 g/mol. The lowest BCUT2D eigenvalue weighted by Crippen LogP contribution is -2.54. The molecule has 1 saturated carbocycles. The summed E-state index contributed by atoms with van der Waals surface area (Å²) in [5.41, 5.74) is 2.81. The lowest BCUT2D eigenvalue weighted by atomic mass is 9.95. The molecule has 1 atom stereocenters. The summed E-state index contributed by atoms with van der Waals surface area (Å²) < 4.78 is 26.9. The summed E-state index contributed by atoms with van der Waals surface area (Å²) >= 11 is 12.3. The Kier molecular flexibility index (Phi) is 10.5. The van der Waals surface area contributed by atoms with Gasteiger partial charge in [0.25, 0.3) is 0 Å². The van der Waals surface area contributed by atoms with Crippen LogP contribution in [0.15, 0.2) is 36.4 Å². The number of amides is 2. The first-order valence-electron chi connectivity index (χ1n) is 13.0. The minimum Gasteiger partial charge on any atom is -0.352 e. The molecule has 3 rings (SSSR count). The molecule has 208 valence electrons. The van der Waals surface area contributed by atoms with Gasteiger partial charge in [0.1, 0.15) is 12.6 Å². The van der Waals surface area contributed by atoms with Crippen molar-refractivity contribution in [1.29, 1.82) is 0 Å². The quantitative estimate of drug-likeness (QED) is 0.393. The van der Waals surface area contributed by atoms with Gasteiger partial charge in [-0.05, 0) is 68.0 Å². The molecule has 2 aromatic rings. The summed E-state index contributed by atoms with van der Waals surface area (Å²) in [5.74, 6) is -0.710. The van der Waals surface area contributed by atoms with Crippen LogP contribution in [0.4, 0.5) is 5.69 Å². The number of aryl methyl sites for hydroxylation is 1.